The molecule has 144 valence electrons. The summed E-state index contributed by atoms with van der Waals surface area (Å²) in [5.74, 6) is 0.363. The third-order valence-corrected chi connectivity index (χ3v) is 3.98. The van der Waals surface area contributed by atoms with Crippen LogP contribution in [0.25, 0.3) is 0 Å². The summed E-state index contributed by atoms with van der Waals surface area (Å²) in [6.45, 7) is -0.0479. The monoisotopic (exact) mass is 373 g/mol. The normalized spacial score (nSPS) is 10.1. The zero-order valence-corrected chi connectivity index (χ0v) is 15.9. The van der Waals surface area contributed by atoms with Crippen molar-refractivity contribution >= 4 is 11.9 Å². The fourth-order valence-electron chi connectivity index (χ4n) is 2.54. The molecule has 27 heavy (non-hydrogen) atoms. The average molecular weight is 373 g/mol. The molecular formula is C20H23NO6. The van der Waals surface area contributed by atoms with Gasteiger partial charge in [0.2, 0.25) is 0 Å². The Labute approximate surface area is 158 Å². The first-order valence-electron chi connectivity index (χ1n) is 8.25. The largest absolute Gasteiger partial charge is 0.496 e. The van der Waals surface area contributed by atoms with Gasteiger partial charge in [-0.2, -0.15) is 0 Å². The molecule has 0 heterocycles. The standard InChI is InChI=1S/C20H23NO6/c1-21(12-14-8-5-6-10-16(14)24-2)18(22)13-27-20(23)15-9-7-11-17(25-3)19(15)26-4/h5-11H,12-13H2,1-4H3. The molecule has 0 saturated heterocycles. The van der Waals surface area contributed by atoms with E-state index in [2.05, 4.69) is 0 Å². The van der Waals surface area contributed by atoms with E-state index in [9.17, 15) is 9.59 Å². The molecule has 0 unspecified atom stereocenters. The number of rotatable bonds is 8. The fourth-order valence-corrected chi connectivity index (χ4v) is 2.54. The maximum atomic E-state index is 12.3. The van der Waals surface area contributed by atoms with Gasteiger partial charge in [0.15, 0.2) is 18.1 Å². The number of esters is 1. The summed E-state index contributed by atoms with van der Waals surface area (Å²) in [5.41, 5.74) is 1.05. The molecule has 1 amide bonds. The summed E-state index contributed by atoms with van der Waals surface area (Å²) in [6, 6.07) is 12.3. The smallest absolute Gasteiger partial charge is 0.342 e. The Balaban J connectivity index is 2.00. The lowest BCUT2D eigenvalue weighted by Crippen LogP contribution is -2.31. The Bertz CT molecular complexity index is 805. The summed E-state index contributed by atoms with van der Waals surface area (Å²) in [4.78, 5) is 26.1. The van der Waals surface area contributed by atoms with E-state index in [4.69, 9.17) is 18.9 Å². The highest BCUT2D eigenvalue weighted by molar-refractivity contribution is 5.94. The van der Waals surface area contributed by atoms with E-state index in [1.807, 2.05) is 24.3 Å². The first kappa shape index (κ1) is 20.1. The lowest BCUT2D eigenvalue weighted by Gasteiger charge is -2.19. The van der Waals surface area contributed by atoms with Gasteiger partial charge in [-0.3, -0.25) is 4.79 Å². The number of hydrogen-bond donors (Lipinski definition) is 0. The summed E-state index contributed by atoms with van der Waals surface area (Å²) < 4.78 is 20.8. The van der Waals surface area contributed by atoms with Crippen molar-refractivity contribution in [3.05, 3.63) is 53.6 Å². The molecule has 0 saturated carbocycles. The van der Waals surface area contributed by atoms with Crippen LogP contribution in [0.2, 0.25) is 0 Å². The number of ether oxygens (including phenoxy) is 4. The SMILES string of the molecule is COc1ccccc1CN(C)C(=O)COC(=O)c1cccc(OC)c1OC. The molecule has 0 fully saturated rings. The molecule has 0 N–H and O–H groups in total. The topological polar surface area (TPSA) is 74.3 Å². The quantitative estimate of drug-likeness (QED) is 0.662. The van der Waals surface area contributed by atoms with E-state index in [0.29, 0.717) is 18.0 Å². The highest BCUT2D eigenvalue weighted by atomic mass is 16.5. The van der Waals surface area contributed by atoms with Crippen LogP contribution in [-0.2, 0) is 16.1 Å². The maximum absolute atomic E-state index is 12.3. The minimum Gasteiger partial charge on any atom is -0.496 e. The van der Waals surface area contributed by atoms with E-state index < -0.39 is 5.97 Å². The number of methoxy groups -OCH3 is 3. The Hall–Kier alpha value is -3.22. The number of amides is 1. The predicted molar refractivity (Wildman–Crippen MR) is 99.3 cm³/mol. The number of likely N-dealkylation sites (N-methyl/N-ethyl adjacent to an activating group) is 1. The first-order valence-corrected chi connectivity index (χ1v) is 8.25. The van der Waals surface area contributed by atoms with Gasteiger partial charge >= 0.3 is 5.97 Å². The average Bonchev–Trinajstić information content (AvgIpc) is 2.71. The highest BCUT2D eigenvalue weighted by Crippen LogP contribution is 2.31. The Kier molecular flexibility index (Phi) is 7.05. The molecule has 2 aromatic carbocycles. The van der Waals surface area contributed by atoms with Crippen molar-refractivity contribution in [2.24, 2.45) is 0 Å². The number of benzene rings is 2. The molecule has 0 radical (unpaired) electrons. The van der Waals surface area contributed by atoms with E-state index in [-0.39, 0.29) is 23.8 Å². The predicted octanol–water partition coefficient (Wildman–Crippen LogP) is 2.53. The van der Waals surface area contributed by atoms with Crippen molar-refractivity contribution in [1.29, 1.82) is 0 Å². The lowest BCUT2D eigenvalue weighted by molar-refractivity contribution is -0.133. The first-order chi connectivity index (χ1) is 13.0. The van der Waals surface area contributed by atoms with Crippen LogP contribution in [0.5, 0.6) is 17.2 Å². The van der Waals surface area contributed by atoms with E-state index >= 15 is 0 Å². The molecule has 0 aliphatic heterocycles. The van der Waals surface area contributed by atoms with Gasteiger partial charge in [-0.15, -0.1) is 0 Å². The Morgan fingerprint density at radius 3 is 2.22 bits per heavy atom. The van der Waals surface area contributed by atoms with Gasteiger partial charge < -0.3 is 23.8 Å². The Morgan fingerprint density at radius 2 is 1.56 bits per heavy atom. The molecule has 0 bridgehead atoms. The molecule has 0 aromatic heterocycles. The second-order valence-electron chi connectivity index (χ2n) is 5.68. The number of para-hydroxylation sites is 2. The number of nitrogens with zero attached hydrogens (tertiary/aromatic N) is 1. The van der Waals surface area contributed by atoms with Crippen molar-refractivity contribution in [2.45, 2.75) is 6.54 Å². The van der Waals surface area contributed by atoms with E-state index in [1.54, 1.807) is 32.4 Å². The van der Waals surface area contributed by atoms with Gasteiger partial charge in [-0.1, -0.05) is 24.3 Å². The third-order valence-electron chi connectivity index (χ3n) is 3.98. The zero-order valence-electron chi connectivity index (χ0n) is 15.9. The second-order valence-corrected chi connectivity index (χ2v) is 5.68. The fraction of sp³-hybridized carbons (Fsp3) is 0.300. The summed E-state index contributed by atoms with van der Waals surface area (Å²) >= 11 is 0. The molecule has 7 nitrogen and oxygen atoms in total. The van der Waals surface area contributed by atoms with Crippen LogP contribution in [-0.4, -0.2) is 51.8 Å². The molecular weight excluding hydrogens is 350 g/mol. The second kappa shape index (κ2) is 9.47. The van der Waals surface area contributed by atoms with Crippen LogP contribution >= 0.6 is 0 Å². The molecule has 0 aliphatic rings. The van der Waals surface area contributed by atoms with Crippen molar-refractivity contribution in [1.82, 2.24) is 4.90 Å². The van der Waals surface area contributed by atoms with E-state index in [1.165, 1.54) is 19.1 Å². The van der Waals surface area contributed by atoms with Gasteiger partial charge in [0.1, 0.15) is 11.3 Å². The molecule has 0 aliphatic carbocycles. The van der Waals surface area contributed by atoms with Crippen molar-refractivity contribution in [3.63, 3.8) is 0 Å². The molecule has 2 aromatic rings. The van der Waals surface area contributed by atoms with Gasteiger partial charge in [-0.05, 0) is 18.2 Å². The van der Waals surface area contributed by atoms with Gasteiger partial charge in [0.05, 0.1) is 21.3 Å². The molecule has 0 atom stereocenters. The zero-order chi connectivity index (χ0) is 19.8. The summed E-state index contributed by atoms with van der Waals surface area (Å²) in [7, 11) is 6.11. The van der Waals surface area contributed by atoms with Crippen LogP contribution in [0.15, 0.2) is 42.5 Å². The minimum absolute atomic E-state index is 0.192. The molecule has 7 heteroatoms. The van der Waals surface area contributed by atoms with Crippen LogP contribution in [0.4, 0.5) is 0 Å². The lowest BCUT2D eigenvalue weighted by atomic mass is 10.2. The number of carbonyl (C=O) groups excluding carboxylic acids is 2. The van der Waals surface area contributed by atoms with Crippen LogP contribution in [0, 0.1) is 0 Å². The summed E-state index contributed by atoms with van der Waals surface area (Å²) in [6.07, 6.45) is 0. The van der Waals surface area contributed by atoms with Crippen LogP contribution < -0.4 is 14.2 Å². The summed E-state index contributed by atoms with van der Waals surface area (Å²) in [5, 5.41) is 0. The van der Waals surface area contributed by atoms with E-state index in [0.717, 1.165) is 5.56 Å². The number of carbonyl (C=O) groups is 2. The van der Waals surface area contributed by atoms with Gasteiger partial charge in [0, 0.05) is 19.2 Å². The highest BCUT2D eigenvalue weighted by Gasteiger charge is 2.20. The minimum atomic E-state index is -0.662. The van der Waals surface area contributed by atoms with Crippen LogP contribution in [0.1, 0.15) is 15.9 Å². The van der Waals surface area contributed by atoms with Crippen molar-refractivity contribution in [2.75, 3.05) is 35.0 Å². The van der Waals surface area contributed by atoms with Crippen LogP contribution in [0.3, 0.4) is 0 Å². The van der Waals surface area contributed by atoms with Crippen molar-refractivity contribution in [3.8, 4) is 17.2 Å². The number of hydrogen-bond acceptors (Lipinski definition) is 6. The third kappa shape index (κ3) is 4.91. The maximum Gasteiger partial charge on any atom is 0.342 e. The molecule has 0 spiro atoms. The van der Waals surface area contributed by atoms with Gasteiger partial charge in [-0.25, -0.2) is 4.79 Å². The Morgan fingerprint density at radius 1 is 0.889 bits per heavy atom. The van der Waals surface area contributed by atoms with Gasteiger partial charge in [0.25, 0.3) is 5.91 Å². The van der Waals surface area contributed by atoms with Crippen molar-refractivity contribution < 1.29 is 28.5 Å². The molecule has 2 rings (SSSR count).